The van der Waals surface area contributed by atoms with Gasteiger partial charge in [0.15, 0.2) is 0 Å². The van der Waals surface area contributed by atoms with Crippen LogP contribution in [0.4, 0.5) is 4.79 Å². The Bertz CT molecular complexity index is 980. The van der Waals surface area contributed by atoms with Gasteiger partial charge in [0, 0.05) is 24.8 Å². The van der Waals surface area contributed by atoms with Crippen LogP contribution in [0, 0.1) is 6.92 Å². The fraction of sp³-hybridized carbons (Fsp3) is 0.655. The van der Waals surface area contributed by atoms with Crippen molar-refractivity contribution in [3.05, 3.63) is 53.3 Å². The first-order valence-corrected chi connectivity index (χ1v) is 13.8. The first kappa shape index (κ1) is 25.3. The lowest BCUT2D eigenvalue weighted by Crippen LogP contribution is -2.51. The number of amides is 1. The van der Waals surface area contributed by atoms with Gasteiger partial charge in [0.25, 0.3) is 0 Å². The molecule has 3 heterocycles. The molecule has 36 heavy (non-hydrogen) atoms. The summed E-state index contributed by atoms with van der Waals surface area (Å²) in [5, 5.41) is 4.74. The maximum absolute atomic E-state index is 12.8. The molecule has 1 saturated carbocycles. The van der Waals surface area contributed by atoms with E-state index < -0.39 is 0 Å². The zero-order chi connectivity index (χ0) is 24.9. The molecule has 196 valence electrons. The summed E-state index contributed by atoms with van der Waals surface area (Å²) in [6.45, 7) is 4.13. The van der Waals surface area contributed by atoms with Crippen LogP contribution < -0.4 is 0 Å². The highest BCUT2D eigenvalue weighted by Gasteiger charge is 2.40. The predicted octanol–water partition coefficient (Wildman–Crippen LogP) is 5.95. The van der Waals surface area contributed by atoms with Crippen LogP contribution in [0.25, 0.3) is 0 Å². The van der Waals surface area contributed by atoms with Gasteiger partial charge in [-0.05, 0) is 81.8 Å². The molecule has 3 unspecified atom stereocenters. The highest BCUT2D eigenvalue weighted by Crippen LogP contribution is 2.39. The lowest BCUT2D eigenvalue weighted by atomic mass is 9.82. The van der Waals surface area contributed by atoms with Crippen molar-refractivity contribution in [3.63, 3.8) is 0 Å². The monoisotopic (exact) mass is 495 g/mol. The van der Waals surface area contributed by atoms with Crippen LogP contribution in [0.5, 0.6) is 0 Å². The molecule has 0 spiro atoms. The molecule has 0 bridgehead atoms. The van der Waals surface area contributed by atoms with Crippen molar-refractivity contribution in [3.8, 4) is 0 Å². The van der Waals surface area contributed by atoms with Crippen LogP contribution in [0.3, 0.4) is 0 Å². The van der Waals surface area contributed by atoms with Crippen LogP contribution in [0.1, 0.15) is 92.7 Å². The van der Waals surface area contributed by atoms with Gasteiger partial charge in [-0.3, -0.25) is 0 Å². The highest BCUT2D eigenvalue weighted by atomic mass is 16.5. The molecule has 3 fully saturated rings. The Morgan fingerprint density at radius 2 is 1.86 bits per heavy atom. The van der Waals surface area contributed by atoms with Crippen LogP contribution in [-0.4, -0.2) is 59.8 Å². The van der Waals surface area contributed by atoms with Gasteiger partial charge < -0.3 is 19.1 Å². The van der Waals surface area contributed by atoms with Gasteiger partial charge >= 0.3 is 6.09 Å². The molecule has 7 nitrogen and oxygen atoms in total. The number of hydrogen-bond acceptors (Lipinski definition) is 5. The summed E-state index contributed by atoms with van der Waals surface area (Å²) < 4.78 is 20.0. The van der Waals surface area contributed by atoms with Crippen molar-refractivity contribution in [2.45, 2.75) is 94.9 Å². The van der Waals surface area contributed by atoms with Crippen molar-refractivity contribution in [2.24, 2.45) is 0 Å². The third-order valence-corrected chi connectivity index (χ3v) is 8.44. The number of ether oxygens (including phenoxy) is 3. The summed E-state index contributed by atoms with van der Waals surface area (Å²) in [6, 6.07) is 10.8. The molecule has 3 aliphatic rings. The summed E-state index contributed by atoms with van der Waals surface area (Å²) in [6.07, 6.45) is 11.5. The molecule has 5 rings (SSSR count). The van der Waals surface area contributed by atoms with Gasteiger partial charge in [-0.15, -0.1) is 0 Å². The van der Waals surface area contributed by atoms with Crippen molar-refractivity contribution in [1.82, 2.24) is 14.7 Å². The molecule has 3 atom stereocenters. The lowest BCUT2D eigenvalue weighted by Gasteiger charge is -2.42. The van der Waals surface area contributed by atoms with Gasteiger partial charge in [0.05, 0.1) is 32.1 Å². The zero-order valence-corrected chi connectivity index (χ0v) is 21.8. The lowest BCUT2D eigenvalue weighted by molar-refractivity contribution is -0.0468. The first-order valence-electron chi connectivity index (χ1n) is 13.8. The normalized spacial score (nSPS) is 29.2. The molecule has 2 saturated heterocycles. The Kier molecular flexibility index (Phi) is 8.27. The Morgan fingerprint density at radius 1 is 1.06 bits per heavy atom. The van der Waals surface area contributed by atoms with Gasteiger partial charge in [0.2, 0.25) is 0 Å². The third kappa shape index (κ3) is 5.47. The topological polar surface area (TPSA) is 65.8 Å². The quantitative estimate of drug-likeness (QED) is 0.496. The summed E-state index contributed by atoms with van der Waals surface area (Å²) in [5.74, 6) is 0.763. The minimum absolute atomic E-state index is 0.0224. The van der Waals surface area contributed by atoms with E-state index in [1.54, 1.807) is 0 Å². The number of aromatic nitrogens is 2. The summed E-state index contributed by atoms with van der Waals surface area (Å²) in [7, 11) is 1.47. The number of carbonyl (C=O) groups excluding carboxylic acids is 1. The van der Waals surface area contributed by atoms with Crippen LogP contribution >= 0.6 is 0 Å². The molecular formula is C29H41N3O4. The van der Waals surface area contributed by atoms with Crippen molar-refractivity contribution in [1.29, 1.82) is 0 Å². The molecule has 0 N–H and O–H groups in total. The largest absolute Gasteiger partial charge is 0.453 e. The van der Waals surface area contributed by atoms with E-state index >= 15 is 0 Å². The second-order valence-electron chi connectivity index (χ2n) is 10.7. The number of benzene rings is 1. The van der Waals surface area contributed by atoms with Gasteiger partial charge in [-0.1, -0.05) is 30.3 Å². The van der Waals surface area contributed by atoms with Crippen molar-refractivity contribution < 1.29 is 19.0 Å². The Balaban J connectivity index is 1.30. The standard InChI is InChI=1S/C29H41N3O4/c1-21-19-30-32(27-12-6-7-18-35-27)28(21)25-11-8-17-31(29(33)34-2)26(25)20-36-24-15-13-23(14-16-24)22-9-4-3-5-10-22/h3-5,9-10,19,23-27H,6-8,11-18,20H2,1-2H3. The minimum atomic E-state index is -0.265. The van der Waals surface area contributed by atoms with Crippen molar-refractivity contribution >= 4 is 6.09 Å². The summed E-state index contributed by atoms with van der Waals surface area (Å²) in [4.78, 5) is 14.7. The SMILES string of the molecule is COC(=O)N1CCCC(c2c(C)cnn2C2CCCCO2)C1COC1CCC(c2ccccc2)CC1. The third-order valence-electron chi connectivity index (χ3n) is 8.44. The van der Waals surface area contributed by atoms with E-state index in [2.05, 4.69) is 41.9 Å². The number of carbonyl (C=O) groups is 1. The second-order valence-corrected chi connectivity index (χ2v) is 10.7. The maximum Gasteiger partial charge on any atom is 0.409 e. The number of likely N-dealkylation sites (tertiary alicyclic amines) is 1. The van der Waals surface area contributed by atoms with E-state index in [9.17, 15) is 4.79 Å². The molecular weight excluding hydrogens is 454 g/mol. The number of methoxy groups -OCH3 is 1. The Hall–Kier alpha value is -2.38. The number of nitrogens with zero attached hydrogens (tertiary/aromatic N) is 3. The molecule has 1 aromatic heterocycles. The van der Waals surface area contributed by atoms with E-state index in [4.69, 9.17) is 19.3 Å². The number of piperidine rings is 1. The predicted molar refractivity (Wildman–Crippen MR) is 138 cm³/mol. The Morgan fingerprint density at radius 3 is 2.58 bits per heavy atom. The fourth-order valence-corrected chi connectivity index (χ4v) is 6.51. The molecule has 2 aliphatic heterocycles. The van der Waals surface area contributed by atoms with Gasteiger partial charge in [-0.2, -0.15) is 5.10 Å². The van der Waals surface area contributed by atoms with E-state index in [1.807, 2.05) is 11.1 Å². The fourth-order valence-electron chi connectivity index (χ4n) is 6.51. The summed E-state index contributed by atoms with van der Waals surface area (Å²) in [5.41, 5.74) is 3.79. The first-order chi connectivity index (χ1) is 17.7. The minimum Gasteiger partial charge on any atom is -0.453 e. The van der Waals surface area contributed by atoms with E-state index in [1.165, 1.54) is 18.4 Å². The Labute approximate surface area is 215 Å². The molecule has 0 radical (unpaired) electrons. The van der Waals surface area contributed by atoms with Crippen LogP contribution in [-0.2, 0) is 14.2 Å². The van der Waals surface area contributed by atoms with Gasteiger partial charge in [0.1, 0.15) is 6.23 Å². The number of rotatable bonds is 6. The van der Waals surface area contributed by atoms with E-state index in [0.29, 0.717) is 19.1 Å². The molecule has 2 aromatic rings. The zero-order valence-electron chi connectivity index (χ0n) is 21.8. The van der Waals surface area contributed by atoms with E-state index in [0.717, 1.165) is 70.0 Å². The van der Waals surface area contributed by atoms with Crippen LogP contribution in [0.15, 0.2) is 36.5 Å². The van der Waals surface area contributed by atoms with Crippen LogP contribution in [0.2, 0.25) is 0 Å². The number of aryl methyl sites for hydroxylation is 1. The average molecular weight is 496 g/mol. The summed E-state index contributed by atoms with van der Waals surface area (Å²) >= 11 is 0. The van der Waals surface area contributed by atoms with Gasteiger partial charge in [-0.25, -0.2) is 9.48 Å². The molecule has 1 aliphatic carbocycles. The molecule has 7 heteroatoms. The smallest absolute Gasteiger partial charge is 0.409 e. The number of hydrogen-bond donors (Lipinski definition) is 0. The van der Waals surface area contributed by atoms with Crippen molar-refractivity contribution in [2.75, 3.05) is 26.9 Å². The van der Waals surface area contributed by atoms with E-state index in [-0.39, 0.29) is 30.4 Å². The molecule has 1 amide bonds. The average Bonchev–Trinajstić information content (AvgIpc) is 3.33. The maximum atomic E-state index is 12.8. The second kappa shape index (κ2) is 11.8. The molecule has 1 aromatic carbocycles. The highest BCUT2D eigenvalue weighted by molar-refractivity contribution is 5.68.